The Bertz CT molecular complexity index is 350. The summed E-state index contributed by atoms with van der Waals surface area (Å²) >= 11 is 5.94. The molecule has 0 radical (unpaired) electrons. The lowest BCUT2D eigenvalue weighted by Crippen LogP contribution is -2.32. The molecule has 1 rings (SSSR count). The summed E-state index contributed by atoms with van der Waals surface area (Å²) in [7, 11) is 3.28. The number of ether oxygens (including phenoxy) is 1. The average Bonchev–Trinajstić information content (AvgIpc) is 2.22. The third kappa shape index (κ3) is 3.19. The molecule has 1 heterocycles. The summed E-state index contributed by atoms with van der Waals surface area (Å²) in [5, 5.41) is 9.84. The molecule has 0 aromatic carbocycles. The number of nitrogens with two attached hydrogens (primary N) is 1. The zero-order valence-electron chi connectivity index (χ0n) is 9.22. The molecule has 0 spiro atoms. The van der Waals surface area contributed by atoms with Crippen molar-refractivity contribution in [1.82, 2.24) is 9.97 Å². The van der Waals surface area contributed by atoms with Crippen LogP contribution in [-0.2, 0) is 4.74 Å². The van der Waals surface area contributed by atoms with Crippen LogP contribution in [0, 0.1) is 0 Å². The van der Waals surface area contributed by atoms with E-state index in [1.165, 1.54) is 13.4 Å². The number of methoxy groups -OCH3 is 1. The zero-order chi connectivity index (χ0) is 12.1. The Morgan fingerprint density at radius 2 is 2.31 bits per heavy atom. The summed E-state index contributed by atoms with van der Waals surface area (Å²) in [4.78, 5) is 9.46. The summed E-state index contributed by atoms with van der Waals surface area (Å²) in [5.74, 6) is 0.712. The number of rotatable bonds is 5. The van der Waals surface area contributed by atoms with Crippen LogP contribution in [0.25, 0.3) is 0 Å². The van der Waals surface area contributed by atoms with Crippen LogP contribution in [0.5, 0.6) is 0 Å². The molecule has 1 unspecified atom stereocenters. The third-order valence-electron chi connectivity index (χ3n) is 2.00. The van der Waals surface area contributed by atoms with Crippen molar-refractivity contribution < 1.29 is 9.84 Å². The summed E-state index contributed by atoms with van der Waals surface area (Å²) in [6, 6.07) is 0. The van der Waals surface area contributed by atoms with Gasteiger partial charge in [-0.15, -0.1) is 0 Å². The Hall–Kier alpha value is -1.11. The zero-order valence-corrected chi connectivity index (χ0v) is 9.98. The van der Waals surface area contributed by atoms with E-state index in [-0.39, 0.29) is 17.4 Å². The minimum Gasteiger partial charge on any atom is -0.389 e. The standard InChI is InChI=1S/C9H15ClN4O2/c1-14(3-6(15)4-16-2)9-7(10)8(11)12-5-13-9/h5-6,15H,3-4H2,1-2H3,(H2,11,12,13). The molecule has 0 aliphatic carbocycles. The first-order valence-electron chi connectivity index (χ1n) is 4.70. The topological polar surface area (TPSA) is 84.5 Å². The van der Waals surface area contributed by atoms with E-state index in [0.717, 1.165) is 0 Å². The SMILES string of the molecule is COCC(O)CN(C)c1ncnc(N)c1Cl. The van der Waals surface area contributed by atoms with Gasteiger partial charge in [0.25, 0.3) is 0 Å². The minimum atomic E-state index is -0.609. The highest BCUT2D eigenvalue weighted by molar-refractivity contribution is 6.35. The van der Waals surface area contributed by atoms with Crippen LogP contribution in [0.2, 0.25) is 5.02 Å². The van der Waals surface area contributed by atoms with Gasteiger partial charge in [-0.2, -0.15) is 0 Å². The van der Waals surface area contributed by atoms with Crippen molar-refractivity contribution in [3.63, 3.8) is 0 Å². The van der Waals surface area contributed by atoms with Gasteiger partial charge in [-0.05, 0) is 0 Å². The predicted molar refractivity (Wildman–Crippen MR) is 62.6 cm³/mol. The molecule has 0 fully saturated rings. The Labute approximate surface area is 99.0 Å². The fourth-order valence-corrected chi connectivity index (χ4v) is 1.53. The molecule has 0 aliphatic rings. The van der Waals surface area contributed by atoms with E-state index < -0.39 is 6.10 Å². The Morgan fingerprint density at radius 3 is 2.94 bits per heavy atom. The van der Waals surface area contributed by atoms with Gasteiger partial charge in [-0.3, -0.25) is 0 Å². The monoisotopic (exact) mass is 246 g/mol. The fraction of sp³-hybridized carbons (Fsp3) is 0.556. The number of hydrogen-bond acceptors (Lipinski definition) is 6. The highest BCUT2D eigenvalue weighted by Gasteiger charge is 2.14. The second-order valence-corrected chi connectivity index (χ2v) is 3.76. The molecule has 1 aromatic heterocycles. The maximum atomic E-state index is 9.56. The van der Waals surface area contributed by atoms with Gasteiger partial charge in [-0.1, -0.05) is 11.6 Å². The molecule has 7 heteroatoms. The highest BCUT2D eigenvalue weighted by Crippen LogP contribution is 2.25. The number of aromatic nitrogens is 2. The summed E-state index contributed by atoms with van der Waals surface area (Å²) in [6.45, 7) is 0.604. The maximum absolute atomic E-state index is 9.56. The Morgan fingerprint density at radius 1 is 1.62 bits per heavy atom. The van der Waals surface area contributed by atoms with Crippen molar-refractivity contribution in [2.24, 2.45) is 0 Å². The van der Waals surface area contributed by atoms with Gasteiger partial charge in [0, 0.05) is 20.7 Å². The van der Waals surface area contributed by atoms with Crippen LogP contribution in [0.15, 0.2) is 6.33 Å². The minimum absolute atomic E-state index is 0.222. The van der Waals surface area contributed by atoms with Crippen molar-refractivity contribution in [2.75, 3.05) is 37.9 Å². The highest BCUT2D eigenvalue weighted by atomic mass is 35.5. The van der Waals surface area contributed by atoms with Gasteiger partial charge in [0.05, 0.1) is 12.7 Å². The molecule has 0 aliphatic heterocycles. The van der Waals surface area contributed by atoms with Crippen molar-refractivity contribution >= 4 is 23.2 Å². The smallest absolute Gasteiger partial charge is 0.152 e. The number of aliphatic hydroxyl groups excluding tert-OH is 1. The molecular formula is C9H15ClN4O2. The number of hydrogen-bond donors (Lipinski definition) is 2. The normalized spacial score (nSPS) is 12.5. The Balaban J connectivity index is 2.72. The predicted octanol–water partition coefficient (Wildman–Crippen LogP) is 0.156. The molecular weight excluding hydrogens is 232 g/mol. The maximum Gasteiger partial charge on any atom is 0.152 e. The van der Waals surface area contributed by atoms with Crippen LogP contribution in [0.4, 0.5) is 11.6 Å². The number of halogens is 1. The van der Waals surface area contributed by atoms with Gasteiger partial charge in [0.2, 0.25) is 0 Å². The van der Waals surface area contributed by atoms with Gasteiger partial charge in [0.15, 0.2) is 5.82 Å². The van der Waals surface area contributed by atoms with E-state index >= 15 is 0 Å². The summed E-state index contributed by atoms with van der Waals surface area (Å²) in [5.41, 5.74) is 5.55. The van der Waals surface area contributed by atoms with Crippen LogP contribution in [-0.4, -0.2) is 48.5 Å². The summed E-state index contributed by atoms with van der Waals surface area (Å²) in [6.07, 6.45) is 0.720. The van der Waals surface area contributed by atoms with E-state index in [9.17, 15) is 5.11 Å². The number of anilines is 2. The van der Waals surface area contributed by atoms with E-state index in [0.29, 0.717) is 12.4 Å². The molecule has 0 saturated carbocycles. The first kappa shape index (κ1) is 13.0. The molecule has 3 N–H and O–H groups in total. The van der Waals surface area contributed by atoms with Crippen molar-refractivity contribution in [3.05, 3.63) is 11.3 Å². The van der Waals surface area contributed by atoms with Crippen LogP contribution in [0.1, 0.15) is 0 Å². The lowest BCUT2D eigenvalue weighted by molar-refractivity contribution is 0.0694. The molecule has 1 atom stereocenters. The second kappa shape index (κ2) is 5.83. The third-order valence-corrected chi connectivity index (χ3v) is 2.37. The van der Waals surface area contributed by atoms with Crippen molar-refractivity contribution in [3.8, 4) is 0 Å². The number of nitrogens with zero attached hydrogens (tertiary/aromatic N) is 3. The van der Waals surface area contributed by atoms with Gasteiger partial charge in [-0.25, -0.2) is 9.97 Å². The van der Waals surface area contributed by atoms with Crippen LogP contribution < -0.4 is 10.6 Å². The molecule has 0 bridgehead atoms. The number of likely N-dealkylation sites (N-methyl/N-ethyl adjacent to an activating group) is 1. The molecule has 0 saturated heterocycles. The first-order chi connectivity index (χ1) is 7.56. The Kier molecular flexibility index (Phi) is 4.72. The lowest BCUT2D eigenvalue weighted by atomic mass is 10.3. The largest absolute Gasteiger partial charge is 0.389 e. The van der Waals surface area contributed by atoms with Crippen molar-refractivity contribution in [2.45, 2.75) is 6.10 Å². The summed E-state index contributed by atoms with van der Waals surface area (Å²) < 4.78 is 4.83. The van der Waals surface area contributed by atoms with E-state index in [4.69, 9.17) is 22.1 Å². The van der Waals surface area contributed by atoms with E-state index in [1.807, 2.05) is 0 Å². The van der Waals surface area contributed by atoms with Crippen LogP contribution >= 0.6 is 11.6 Å². The second-order valence-electron chi connectivity index (χ2n) is 3.39. The van der Waals surface area contributed by atoms with Crippen molar-refractivity contribution in [1.29, 1.82) is 0 Å². The quantitative estimate of drug-likeness (QED) is 0.770. The van der Waals surface area contributed by atoms with Crippen LogP contribution in [0.3, 0.4) is 0 Å². The number of aliphatic hydroxyl groups is 1. The molecule has 0 amide bonds. The van der Waals surface area contributed by atoms with Gasteiger partial charge in [0.1, 0.15) is 17.2 Å². The lowest BCUT2D eigenvalue weighted by Gasteiger charge is -2.22. The average molecular weight is 247 g/mol. The molecule has 1 aromatic rings. The fourth-order valence-electron chi connectivity index (χ4n) is 1.29. The van der Waals surface area contributed by atoms with E-state index in [1.54, 1.807) is 11.9 Å². The molecule has 90 valence electrons. The first-order valence-corrected chi connectivity index (χ1v) is 5.08. The molecule has 6 nitrogen and oxygen atoms in total. The van der Waals surface area contributed by atoms with Gasteiger partial charge < -0.3 is 20.5 Å². The molecule has 16 heavy (non-hydrogen) atoms. The number of nitrogen functional groups attached to an aromatic ring is 1. The van der Waals surface area contributed by atoms with E-state index in [2.05, 4.69) is 9.97 Å². The van der Waals surface area contributed by atoms with Gasteiger partial charge >= 0.3 is 0 Å².